The SMILES string of the molecule is CCN(C(C)=O)c1nc(/C=C2\N=C(c3ccc(S(=O)(=O)NC(C)(C)C)cc3)OC2=O)cs1. The van der Waals surface area contributed by atoms with E-state index < -0.39 is 21.5 Å². The average molecular weight is 477 g/mol. The van der Waals surface area contributed by atoms with E-state index in [9.17, 15) is 18.0 Å². The number of ether oxygens (including phenoxy) is 1. The lowest BCUT2D eigenvalue weighted by Crippen LogP contribution is -2.40. The summed E-state index contributed by atoms with van der Waals surface area (Å²) in [6, 6.07) is 5.91. The standard InChI is InChI=1S/C21H24N4O5S2/c1-6-25(13(2)26)20-22-15(12-31-20)11-17-19(27)30-18(23-17)14-7-9-16(10-8-14)32(28,29)24-21(3,4)5/h7-12,24H,6H2,1-5H3/b17-11-. The van der Waals surface area contributed by atoms with Gasteiger partial charge in [0.1, 0.15) is 0 Å². The minimum atomic E-state index is -3.68. The lowest BCUT2D eigenvalue weighted by Gasteiger charge is -2.20. The number of benzene rings is 1. The molecule has 2 aromatic rings. The second-order valence-electron chi connectivity index (χ2n) is 8.03. The summed E-state index contributed by atoms with van der Waals surface area (Å²) >= 11 is 1.29. The summed E-state index contributed by atoms with van der Waals surface area (Å²) < 4.78 is 32.7. The summed E-state index contributed by atoms with van der Waals surface area (Å²) in [5.41, 5.74) is 0.394. The number of aliphatic imine (C=N–C) groups is 1. The predicted molar refractivity (Wildman–Crippen MR) is 123 cm³/mol. The van der Waals surface area contributed by atoms with Crippen molar-refractivity contribution in [1.29, 1.82) is 0 Å². The van der Waals surface area contributed by atoms with E-state index in [1.165, 1.54) is 53.5 Å². The first-order valence-electron chi connectivity index (χ1n) is 9.80. The zero-order valence-corrected chi connectivity index (χ0v) is 20.0. The Labute approximate surface area is 190 Å². The van der Waals surface area contributed by atoms with E-state index in [0.717, 1.165) is 0 Å². The number of aromatic nitrogens is 1. The van der Waals surface area contributed by atoms with Crippen molar-refractivity contribution in [3.63, 3.8) is 0 Å². The van der Waals surface area contributed by atoms with Crippen molar-refractivity contribution in [1.82, 2.24) is 9.71 Å². The number of esters is 1. The van der Waals surface area contributed by atoms with Crippen molar-refractivity contribution < 1.29 is 22.7 Å². The van der Waals surface area contributed by atoms with Gasteiger partial charge in [0.2, 0.25) is 21.8 Å². The van der Waals surface area contributed by atoms with Gasteiger partial charge in [0, 0.05) is 30.0 Å². The summed E-state index contributed by atoms with van der Waals surface area (Å²) in [5, 5.41) is 2.25. The number of nitrogens with one attached hydrogen (secondary N) is 1. The summed E-state index contributed by atoms with van der Waals surface area (Å²) in [5.74, 6) is -0.687. The number of thiazole rings is 1. The van der Waals surface area contributed by atoms with Crippen molar-refractivity contribution in [2.24, 2.45) is 4.99 Å². The number of hydrogen-bond donors (Lipinski definition) is 1. The normalized spacial score (nSPS) is 15.6. The Balaban J connectivity index is 1.82. The third-order valence-corrected chi connectivity index (χ3v) is 6.85. The number of anilines is 1. The molecule has 1 aliphatic rings. The fraction of sp³-hybridized carbons (Fsp3) is 0.333. The highest BCUT2D eigenvalue weighted by molar-refractivity contribution is 7.89. The van der Waals surface area contributed by atoms with Crippen molar-refractivity contribution in [3.05, 3.63) is 46.6 Å². The fourth-order valence-electron chi connectivity index (χ4n) is 2.87. The minimum absolute atomic E-state index is 0.0637. The molecule has 3 rings (SSSR count). The monoisotopic (exact) mass is 476 g/mol. The van der Waals surface area contributed by atoms with Crippen LogP contribution >= 0.6 is 11.3 Å². The summed E-state index contributed by atoms with van der Waals surface area (Å²) in [4.78, 5) is 34.1. The van der Waals surface area contributed by atoms with Crippen LogP contribution in [-0.4, -0.2) is 43.3 Å². The van der Waals surface area contributed by atoms with E-state index in [2.05, 4.69) is 14.7 Å². The first-order valence-corrected chi connectivity index (χ1v) is 12.2. The summed E-state index contributed by atoms with van der Waals surface area (Å²) in [6.07, 6.45) is 1.48. The number of amides is 1. The van der Waals surface area contributed by atoms with Gasteiger partial charge in [-0.05, 0) is 58.0 Å². The Bertz CT molecular complexity index is 1210. The van der Waals surface area contributed by atoms with Crippen LogP contribution in [0.5, 0.6) is 0 Å². The largest absolute Gasteiger partial charge is 0.402 e. The van der Waals surface area contributed by atoms with E-state index >= 15 is 0 Å². The highest BCUT2D eigenvalue weighted by Crippen LogP contribution is 2.25. The molecule has 1 N–H and O–H groups in total. The third kappa shape index (κ3) is 5.47. The molecule has 0 spiro atoms. The smallest absolute Gasteiger partial charge is 0.363 e. The van der Waals surface area contributed by atoms with Gasteiger partial charge < -0.3 is 4.74 Å². The van der Waals surface area contributed by atoms with Gasteiger partial charge in [-0.3, -0.25) is 9.69 Å². The van der Waals surface area contributed by atoms with E-state index in [0.29, 0.717) is 22.9 Å². The maximum absolute atomic E-state index is 12.4. The summed E-state index contributed by atoms with van der Waals surface area (Å²) in [7, 11) is -3.68. The van der Waals surface area contributed by atoms with Crippen molar-refractivity contribution >= 4 is 50.3 Å². The molecule has 11 heteroatoms. The van der Waals surface area contributed by atoms with Crippen LogP contribution < -0.4 is 9.62 Å². The maximum atomic E-state index is 12.4. The molecular weight excluding hydrogens is 452 g/mol. The second kappa shape index (κ2) is 8.93. The molecule has 9 nitrogen and oxygen atoms in total. The number of cyclic esters (lactones) is 1. The van der Waals surface area contributed by atoms with Crippen LogP contribution in [0.4, 0.5) is 5.13 Å². The van der Waals surface area contributed by atoms with Crippen molar-refractivity contribution in [2.75, 3.05) is 11.4 Å². The number of rotatable bonds is 6. The first-order chi connectivity index (χ1) is 14.9. The van der Waals surface area contributed by atoms with Crippen LogP contribution in [0.2, 0.25) is 0 Å². The number of sulfonamides is 1. The Morgan fingerprint density at radius 2 is 1.91 bits per heavy atom. The van der Waals surface area contributed by atoms with E-state index in [-0.39, 0.29) is 22.4 Å². The van der Waals surface area contributed by atoms with Gasteiger partial charge in [0.05, 0.1) is 10.6 Å². The molecule has 0 bridgehead atoms. The van der Waals surface area contributed by atoms with Crippen LogP contribution in [-0.2, 0) is 24.3 Å². The minimum Gasteiger partial charge on any atom is -0.402 e. The fourth-order valence-corrected chi connectivity index (χ4v) is 5.18. The Morgan fingerprint density at radius 3 is 2.47 bits per heavy atom. The topological polar surface area (TPSA) is 118 Å². The zero-order chi connectivity index (χ0) is 23.7. The van der Waals surface area contributed by atoms with E-state index in [1.807, 2.05) is 6.92 Å². The van der Waals surface area contributed by atoms with Crippen molar-refractivity contribution in [2.45, 2.75) is 45.1 Å². The van der Waals surface area contributed by atoms with Gasteiger partial charge in [-0.25, -0.2) is 27.9 Å². The van der Waals surface area contributed by atoms with Crippen molar-refractivity contribution in [3.8, 4) is 0 Å². The summed E-state index contributed by atoms with van der Waals surface area (Å²) in [6.45, 7) is 9.06. The van der Waals surface area contributed by atoms with Crippen LogP contribution in [0.25, 0.3) is 6.08 Å². The van der Waals surface area contributed by atoms with Crippen LogP contribution in [0.1, 0.15) is 45.9 Å². The van der Waals surface area contributed by atoms with Gasteiger partial charge in [-0.15, -0.1) is 11.3 Å². The van der Waals surface area contributed by atoms with Crippen LogP contribution in [0, 0.1) is 0 Å². The number of nitrogens with zero attached hydrogens (tertiary/aromatic N) is 3. The first kappa shape index (κ1) is 23.8. The average Bonchev–Trinajstić information content (AvgIpc) is 3.28. The quantitative estimate of drug-likeness (QED) is 0.506. The molecule has 0 aliphatic carbocycles. The van der Waals surface area contributed by atoms with Gasteiger partial charge in [-0.1, -0.05) is 0 Å². The van der Waals surface area contributed by atoms with E-state index in [4.69, 9.17) is 4.74 Å². The molecule has 1 aromatic heterocycles. The molecule has 0 saturated heterocycles. The molecule has 0 radical (unpaired) electrons. The Hall–Kier alpha value is -2.89. The van der Waals surface area contributed by atoms with Gasteiger partial charge >= 0.3 is 5.97 Å². The van der Waals surface area contributed by atoms with Crippen LogP contribution in [0.3, 0.4) is 0 Å². The van der Waals surface area contributed by atoms with Crippen LogP contribution in [0.15, 0.2) is 45.2 Å². The molecule has 1 aromatic carbocycles. The number of hydrogen-bond acceptors (Lipinski definition) is 8. The van der Waals surface area contributed by atoms with Gasteiger partial charge in [-0.2, -0.15) is 0 Å². The molecule has 32 heavy (non-hydrogen) atoms. The molecule has 0 fully saturated rings. The Morgan fingerprint density at radius 1 is 1.25 bits per heavy atom. The van der Waals surface area contributed by atoms with E-state index in [1.54, 1.807) is 26.2 Å². The molecule has 0 saturated carbocycles. The Kier molecular flexibility index (Phi) is 6.63. The number of carbonyl (C=O) groups excluding carboxylic acids is 2. The number of carbonyl (C=O) groups is 2. The predicted octanol–water partition coefficient (Wildman–Crippen LogP) is 2.94. The highest BCUT2D eigenvalue weighted by atomic mass is 32.2. The molecule has 1 aliphatic heterocycles. The third-order valence-electron chi connectivity index (χ3n) is 4.19. The molecule has 2 heterocycles. The zero-order valence-electron chi connectivity index (χ0n) is 18.4. The lowest BCUT2D eigenvalue weighted by molar-refractivity contribution is -0.130. The van der Waals surface area contributed by atoms with Gasteiger partial charge in [0.15, 0.2) is 10.8 Å². The molecule has 1 amide bonds. The molecule has 0 atom stereocenters. The second-order valence-corrected chi connectivity index (χ2v) is 10.6. The highest BCUT2D eigenvalue weighted by Gasteiger charge is 2.26. The van der Waals surface area contributed by atoms with Gasteiger partial charge in [0.25, 0.3) is 0 Å². The molecular formula is C21H24N4O5S2. The molecule has 0 unspecified atom stereocenters. The molecule has 170 valence electrons. The lowest BCUT2D eigenvalue weighted by atomic mass is 10.1. The maximum Gasteiger partial charge on any atom is 0.363 e.